The maximum absolute atomic E-state index is 12.6. The van der Waals surface area contributed by atoms with Crippen LogP contribution in [-0.4, -0.2) is 40.3 Å². The number of nitrogens with zero attached hydrogens (tertiary/aromatic N) is 3. The molecule has 2 amide bonds. The van der Waals surface area contributed by atoms with Crippen molar-refractivity contribution in [3.63, 3.8) is 0 Å². The Balaban J connectivity index is 1.51. The minimum absolute atomic E-state index is 0.211. The van der Waals surface area contributed by atoms with Crippen LogP contribution in [0, 0.1) is 0 Å². The molecule has 1 saturated heterocycles. The maximum Gasteiger partial charge on any atom is 0.277 e. The second kappa shape index (κ2) is 6.38. The fraction of sp³-hybridized carbons (Fsp3) is 0.0714. The van der Waals surface area contributed by atoms with Crippen LogP contribution in [-0.2, 0) is 9.59 Å². The minimum Gasteiger partial charge on any atom is -0.299 e. The first-order valence-corrected chi connectivity index (χ1v) is 13.0. The number of likely N-dealkylation sites (N-methyl/N-ethyl adjacent to an activating group) is 2. The molecule has 4 aromatic heterocycles. The number of fused-ring (bicyclic) bond motifs is 8. The van der Waals surface area contributed by atoms with E-state index in [4.69, 9.17) is 0 Å². The number of para-hydroxylation sites is 1. The van der Waals surface area contributed by atoms with E-state index in [1.54, 1.807) is 42.8 Å². The predicted molar refractivity (Wildman–Crippen MR) is 145 cm³/mol. The third-order valence-electron chi connectivity index (χ3n) is 7.30. The van der Waals surface area contributed by atoms with E-state index in [0.29, 0.717) is 0 Å². The molecule has 3 aromatic carbocycles. The summed E-state index contributed by atoms with van der Waals surface area (Å²) in [6.07, 6.45) is 1.75. The van der Waals surface area contributed by atoms with Gasteiger partial charge in [0.15, 0.2) is 0 Å². The molecule has 1 fully saturated rings. The first-order chi connectivity index (χ1) is 17.0. The first-order valence-electron chi connectivity index (χ1n) is 11.3. The van der Waals surface area contributed by atoms with Gasteiger partial charge in [-0.25, -0.2) is 0 Å². The molecule has 5 heterocycles. The summed E-state index contributed by atoms with van der Waals surface area (Å²) in [6.45, 7) is 0. The maximum atomic E-state index is 12.6. The van der Waals surface area contributed by atoms with Gasteiger partial charge in [0.05, 0.1) is 15.7 Å². The summed E-state index contributed by atoms with van der Waals surface area (Å²) < 4.78 is 4.80. The van der Waals surface area contributed by atoms with Crippen molar-refractivity contribution in [1.29, 1.82) is 0 Å². The third kappa shape index (κ3) is 2.27. The molecule has 5 nitrogen and oxygen atoms in total. The van der Waals surface area contributed by atoms with Crippen molar-refractivity contribution in [2.45, 2.75) is 0 Å². The highest BCUT2D eigenvalue weighted by molar-refractivity contribution is 7.33. The number of aromatic nitrogens is 1. The molecular formula is C28H17N3O2S2. The molecule has 168 valence electrons. The number of carbonyl (C=O) groups excluding carboxylic acids is 2. The van der Waals surface area contributed by atoms with Gasteiger partial charge in [0.1, 0.15) is 10.4 Å². The fourth-order valence-electron chi connectivity index (χ4n) is 5.58. The zero-order valence-electron chi connectivity index (χ0n) is 18.8. The van der Waals surface area contributed by atoms with E-state index in [9.17, 15) is 9.59 Å². The highest BCUT2D eigenvalue weighted by Gasteiger charge is 2.36. The number of hydrazine groups is 1. The molecule has 35 heavy (non-hydrogen) atoms. The average molecular weight is 492 g/mol. The number of amides is 2. The van der Waals surface area contributed by atoms with Gasteiger partial charge in [0, 0.05) is 45.2 Å². The molecule has 1 aliphatic rings. The van der Waals surface area contributed by atoms with E-state index >= 15 is 0 Å². The summed E-state index contributed by atoms with van der Waals surface area (Å²) in [5, 5.41) is 10.3. The average Bonchev–Trinajstić information content (AvgIpc) is 3.57. The summed E-state index contributed by atoms with van der Waals surface area (Å²) in [4.78, 5) is 27.3. The van der Waals surface area contributed by atoms with Gasteiger partial charge in [-0.05, 0) is 29.0 Å². The molecule has 0 N–H and O–H groups in total. The molecule has 0 radical (unpaired) electrons. The Hall–Kier alpha value is -3.94. The number of pyridine rings is 1. The Labute approximate surface area is 207 Å². The summed E-state index contributed by atoms with van der Waals surface area (Å²) in [5.74, 6) is -0.535. The van der Waals surface area contributed by atoms with Gasteiger partial charge in [-0.3, -0.25) is 24.0 Å². The number of hydrogen-bond acceptors (Lipinski definition) is 4. The first kappa shape index (κ1) is 19.4. The number of hydrogen-bond donors (Lipinski definition) is 0. The van der Waals surface area contributed by atoms with Crippen molar-refractivity contribution in [2.24, 2.45) is 0 Å². The van der Waals surface area contributed by atoms with Gasteiger partial charge >= 0.3 is 0 Å². The van der Waals surface area contributed by atoms with Gasteiger partial charge < -0.3 is 0 Å². The lowest BCUT2D eigenvalue weighted by Gasteiger charge is -2.16. The molecule has 1 aliphatic heterocycles. The quantitative estimate of drug-likeness (QED) is 0.195. The lowest BCUT2D eigenvalue weighted by molar-refractivity contribution is -0.141. The Kier molecular flexibility index (Phi) is 3.53. The molecule has 0 atom stereocenters. The summed E-state index contributed by atoms with van der Waals surface area (Å²) in [5.41, 5.74) is 2.70. The summed E-state index contributed by atoms with van der Waals surface area (Å²) in [6, 6.07) is 21.7. The largest absolute Gasteiger partial charge is 0.299 e. The zero-order chi connectivity index (χ0) is 23.6. The van der Waals surface area contributed by atoms with E-state index in [0.717, 1.165) is 4.88 Å². The van der Waals surface area contributed by atoms with Crippen molar-refractivity contribution in [3.05, 3.63) is 71.1 Å². The van der Waals surface area contributed by atoms with Gasteiger partial charge in [0.25, 0.3) is 11.8 Å². The van der Waals surface area contributed by atoms with Crippen molar-refractivity contribution in [1.82, 2.24) is 14.4 Å². The second-order valence-corrected chi connectivity index (χ2v) is 11.2. The molecule has 7 heteroatoms. The minimum atomic E-state index is -0.267. The lowest BCUT2D eigenvalue weighted by Crippen LogP contribution is -2.33. The highest BCUT2D eigenvalue weighted by atomic mass is 32.1. The van der Waals surface area contributed by atoms with Crippen LogP contribution < -0.4 is 0 Å². The van der Waals surface area contributed by atoms with Gasteiger partial charge in [-0.1, -0.05) is 48.5 Å². The fourth-order valence-corrected chi connectivity index (χ4v) is 8.22. The van der Waals surface area contributed by atoms with Crippen LogP contribution in [0.2, 0.25) is 0 Å². The number of carbonyl (C=O) groups is 2. The van der Waals surface area contributed by atoms with Crippen LogP contribution in [0.5, 0.6) is 0 Å². The van der Waals surface area contributed by atoms with Crippen molar-refractivity contribution >= 4 is 98.1 Å². The van der Waals surface area contributed by atoms with Crippen LogP contribution in [0.1, 0.15) is 4.88 Å². The SMILES string of the molecule is CN1C(=O)C(=Cc2cc3sc4c(c5cccc6ccc7c8ccccc8n4c7c65)c3s2)C(=O)N1C. The van der Waals surface area contributed by atoms with Crippen LogP contribution in [0.4, 0.5) is 0 Å². The molecule has 0 saturated carbocycles. The summed E-state index contributed by atoms with van der Waals surface area (Å²) in [7, 11) is 3.23. The predicted octanol–water partition coefficient (Wildman–Crippen LogP) is 6.49. The Morgan fingerprint density at radius 1 is 0.771 bits per heavy atom. The normalized spacial score (nSPS) is 15.1. The second-order valence-electron chi connectivity index (χ2n) is 9.06. The van der Waals surface area contributed by atoms with Crippen LogP contribution in [0.15, 0.2) is 66.2 Å². The van der Waals surface area contributed by atoms with E-state index in [1.165, 1.54) is 67.6 Å². The Morgan fingerprint density at radius 3 is 2.37 bits per heavy atom. The van der Waals surface area contributed by atoms with Crippen molar-refractivity contribution < 1.29 is 9.59 Å². The number of benzene rings is 3. The Bertz CT molecular complexity index is 2070. The van der Waals surface area contributed by atoms with Crippen LogP contribution in [0.25, 0.3) is 63.7 Å². The monoisotopic (exact) mass is 491 g/mol. The van der Waals surface area contributed by atoms with Crippen LogP contribution in [0.3, 0.4) is 0 Å². The molecule has 0 aliphatic carbocycles. The molecule has 0 bridgehead atoms. The topological polar surface area (TPSA) is 45.0 Å². The van der Waals surface area contributed by atoms with Gasteiger partial charge in [-0.15, -0.1) is 22.7 Å². The number of rotatable bonds is 1. The molecule has 8 rings (SSSR count). The lowest BCUT2D eigenvalue weighted by atomic mass is 10.0. The van der Waals surface area contributed by atoms with E-state index in [-0.39, 0.29) is 17.4 Å². The van der Waals surface area contributed by atoms with Gasteiger partial charge in [0.2, 0.25) is 0 Å². The Morgan fingerprint density at radius 2 is 1.54 bits per heavy atom. The van der Waals surface area contributed by atoms with E-state index in [2.05, 4.69) is 65.1 Å². The summed E-state index contributed by atoms with van der Waals surface area (Å²) >= 11 is 3.42. The van der Waals surface area contributed by atoms with E-state index < -0.39 is 0 Å². The van der Waals surface area contributed by atoms with Crippen LogP contribution >= 0.6 is 22.7 Å². The highest BCUT2D eigenvalue weighted by Crippen LogP contribution is 2.48. The zero-order valence-corrected chi connectivity index (χ0v) is 20.5. The van der Waals surface area contributed by atoms with Crippen molar-refractivity contribution in [3.8, 4) is 0 Å². The molecule has 0 unspecified atom stereocenters. The molecule has 7 aromatic rings. The van der Waals surface area contributed by atoms with E-state index in [1.807, 2.05) is 0 Å². The standard InChI is InChI=1S/C28H17N3O2S2/c1-29-26(32)19(27(33)30(29)2)12-15-13-21-25(34-15)23-18-8-5-6-14-10-11-17-16-7-3-4-9-20(16)31(28(23)35-21)24(17)22(14)18/h3-13H,1-2H3. The van der Waals surface area contributed by atoms with Gasteiger partial charge in [-0.2, -0.15) is 0 Å². The number of thiophene rings is 2. The smallest absolute Gasteiger partial charge is 0.277 e. The third-order valence-corrected chi connectivity index (χ3v) is 9.65. The molecule has 0 spiro atoms. The molecular weight excluding hydrogens is 474 g/mol. The van der Waals surface area contributed by atoms with Crippen molar-refractivity contribution in [2.75, 3.05) is 14.1 Å².